The van der Waals surface area contributed by atoms with Crippen molar-refractivity contribution in [2.24, 2.45) is 0 Å². The van der Waals surface area contributed by atoms with Gasteiger partial charge in [-0.05, 0) is 30.7 Å². The van der Waals surface area contributed by atoms with Gasteiger partial charge in [0.25, 0.3) is 0 Å². The minimum atomic E-state index is 0.227. The van der Waals surface area contributed by atoms with E-state index in [4.69, 9.17) is 4.74 Å². The Morgan fingerprint density at radius 2 is 1.94 bits per heavy atom. The largest absolute Gasteiger partial charge is 0.481 e. The quantitative estimate of drug-likeness (QED) is 0.926. The average molecular weight is 307 g/mol. The number of nitrogens with zero attached hydrogens (tertiary/aromatic N) is 1. The lowest BCUT2D eigenvalue weighted by atomic mass is 10.1. The molecule has 2 rings (SSSR count). The fraction of sp³-hybridized carbons (Fsp3) is 0.214. The molecule has 1 aromatic carbocycles. The Morgan fingerprint density at radius 3 is 2.61 bits per heavy atom. The van der Waals surface area contributed by atoms with E-state index >= 15 is 0 Å². The Kier molecular flexibility index (Phi) is 4.20. The summed E-state index contributed by atoms with van der Waals surface area (Å²) in [7, 11) is 1.62. The molecule has 0 radical (unpaired) electrons. The first-order valence-corrected chi connectivity index (χ1v) is 6.50. The van der Waals surface area contributed by atoms with Crippen LogP contribution in [-0.4, -0.2) is 12.1 Å². The highest BCUT2D eigenvalue weighted by Gasteiger charge is 2.05. The van der Waals surface area contributed by atoms with Gasteiger partial charge in [-0.15, -0.1) is 0 Å². The standard InChI is InChI=1S/C14H15BrN2O/c1-10(11-3-5-12(15)6-4-11)17-13-7-8-16-14(9-13)18-2/h3-10H,1-2H3,(H,16,17). The van der Waals surface area contributed by atoms with Crippen molar-refractivity contribution in [2.45, 2.75) is 13.0 Å². The van der Waals surface area contributed by atoms with Crippen LogP contribution in [-0.2, 0) is 0 Å². The second kappa shape index (κ2) is 5.87. The van der Waals surface area contributed by atoms with E-state index in [0.717, 1.165) is 10.2 Å². The fourth-order valence-electron chi connectivity index (χ4n) is 1.70. The Hall–Kier alpha value is -1.55. The number of ether oxygens (including phenoxy) is 1. The zero-order valence-electron chi connectivity index (χ0n) is 10.4. The number of methoxy groups -OCH3 is 1. The lowest BCUT2D eigenvalue weighted by Crippen LogP contribution is -2.06. The Balaban J connectivity index is 2.10. The molecule has 0 aliphatic heterocycles. The number of halogens is 1. The summed E-state index contributed by atoms with van der Waals surface area (Å²) >= 11 is 3.44. The number of rotatable bonds is 4. The highest BCUT2D eigenvalue weighted by atomic mass is 79.9. The Labute approximate surface area is 115 Å². The third-order valence-corrected chi connectivity index (χ3v) is 3.23. The maximum Gasteiger partial charge on any atom is 0.214 e. The van der Waals surface area contributed by atoms with Gasteiger partial charge in [0.15, 0.2) is 0 Å². The molecule has 1 atom stereocenters. The van der Waals surface area contributed by atoms with Crippen LogP contribution >= 0.6 is 15.9 Å². The SMILES string of the molecule is COc1cc(NC(C)c2ccc(Br)cc2)ccn1. The Morgan fingerprint density at radius 1 is 1.22 bits per heavy atom. The van der Waals surface area contributed by atoms with E-state index in [1.165, 1.54) is 5.56 Å². The van der Waals surface area contributed by atoms with Gasteiger partial charge >= 0.3 is 0 Å². The molecule has 0 saturated heterocycles. The van der Waals surface area contributed by atoms with Crippen LogP contribution in [0.1, 0.15) is 18.5 Å². The lowest BCUT2D eigenvalue weighted by Gasteiger charge is -2.16. The number of hydrogen-bond donors (Lipinski definition) is 1. The topological polar surface area (TPSA) is 34.1 Å². The molecule has 4 heteroatoms. The predicted octanol–water partition coefficient (Wildman–Crippen LogP) is 4.03. The predicted molar refractivity (Wildman–Crippen MR) is 77.0 cm³/mol. The van der Waals surface area contributed by atoms with Crippen LogP contribution in [0.4, 0.5) is 5.69 Å². The van der Waals surface area contributed by atoms with E-state index < -0.39 is 0 Å². The lowest BCUT2D eigenvalue weighted by molar-refractivity contribution is 0.398. The molecule has 0 fully saturated rings. The van der Waals surface area contributed by atoms with Gasteiger partial charge in [-0.1, -0.05) is 28.1 Å². The molecule has 18 heavy (non-hydrogen) atoms. The van der Waals surface area contributed by atoms with Gasteiger partial charge in [0.1, 0.15) is 0 Å². The van der Waals surface area contributed by atoms with Crippen LogP contribution in [0.25, 0.3) is 0 Å². The molecule has 1 N–H and O–H groups in total. The summed E-state index contributed by atoms with van der Waals surface area (Å²) in [6, 6.07) is 12.3. The molecule has 0 amide bonds. The second-order valence-electron chi connectivity index (χ2n) is 4.00. The molecule has 0 saturated carbocycles. The van der Waals surface area contributed by atoms with Gasteiger partial charge in [-0.2, -0.15) is 0 Å². The van der Waals surface area contributed by atoms with Gasteiger partial charge in [-0.3, -0.25) is 0 Å². The van der Waals surface area contributed by atoms with Crippen molar-refractivity contribution >= 4 is 21.6 Å². The zero-order chi connectivity index (χ0) is 13.0. The molecule has 0 aliphatic carbocycles. The highest BCUT2D eigenvalue weighted by molar-refractivity contribution is 9.10. The average Bonchev–Trinajstić information content (AvgIpc) is 2.39. The monoisotopic (exact) mass is 306 g/mol. The molecule has 94 valence electrons. The van der Waals surface area contributed by atoms with Crippen molar-refractivity contribution in [3.63, 3.8) is 0 Å². The number of benzene rings is 1. The normalized spacial score (nSPS) is 11.9. The van der Waals surface area contributed by atoms with E-state index in [2.05, 4.69) is 45.3 Å². The van der Waals surface area contributed by atoms with Crippen molar-refractivity contribution < 1.29 is 4.74 Å². The summed E-state index contributed by atoms with van der Waals surface area (Å²) in [4.78, 5) is 4.08. The smallest absolute Gasteiger partial charge is 0.214 e. The van der Waals surface area contributed by atoms with Crippen LogP contribution in [0.5, 0.6) is 5.88 Å². The van der Waals surface area contributed by atoms with Gasteiger partial charge < -0.3 is 10.1 Å². The molecule has 0 bridgehead atoms. The summed E-state index contributed by atoms with van der Waals surface area (Å²) < 4.78 is 6.19. The van der Waals surface area contributed by atoms with E-state index in [0.29, 0.717) is 5.88 Å². The van der Waals surface area contributed by atoms with Gasteiger partial charge in [0, 0.05) is 28.5 Å². The van der Waals surface area contributed by atoms with Crippen LogP contribution in [0.3, 0.4) is 0 Å². The maximum absolute atomic E-state index is 5.10. The van der Waals surface area contributed by atoms with Crippen LogP contribution in [0.2, 0.25) is 0 Å². The molecule has 1 heterocycles. The van der Waals surface area contributed by atoms with E-state index in [1.54, 1.807) is 13.3 Å². The highest BCUT2D eigenvalue weighted by Crippen LogP contribution is 2.22. The van der Waals surface area contributed by atoms with Crippen molar-refractivity contribution in [2.75, 3.05) is 12.4 Å². The summed E-state index contributed by atoms with van der Waals surface area (Å²) in [5.74, 6) is 0.614. The first-order valence-electron chi connectivity index (χ1n) is 5.71. The first kappa shape index (κ1) is 12.9. The van der Waals surface area contributed by atoms with Crippen LogP contribution < -0.4 is 10.1 Å². The molecular weight excluding hydrogens is 292 g/mol. The summed E-state index contributed by atoms with van der Waals surface area (Å²) in [5, 5.41) is 3.42. The molecule has 1 aromatic heterocycles. The third kappa shape index (κ3) is 3.23. The minimum absolute atomic E-state index is 0.227. The number of aromatic nitrogens is 1. The molecule has 3 nitrogen and oxygen atoms in total. The van der Waals surface area contributed by atoms with Crippen LogP contribution in [0, 0.1) is 0 Å². The fourth-order valence-corrected chi connectivity index (χ4v) is 1.96. The van der Waals surface area contributed by atoms with Crippen molar-refractivity contribution in [1.82, 2.24) is 4.98 Å². The minimum Gasteiger partial charge on any atom is -0.481 e. The molecular formula is C14H15BrN2O. The third-order valence-electron chi connectivity index (χ3n) is 2.70. The molecule has 0 spiro atoms. The van der Waals surface area contributed by atoms with E-state index in [9.17, 15) is 0 Å². The summed E-state index contributed by atoms with van der Waals surface area (Å²) in [6.45, 7) is 2.12. The summed E-state index contributed by atoms with van der Waals surface area (Å²) in [5.41, 5.74) is 2.23. The van der Waals surface area contributed by atoms with E-state index in [1.807, 2.05) is 24.3 Å². The van der Waals surface area contributed by atoms with Crippen molar-refractivity contribution in [1.29, 1.82) is 0 Å². The van der Waals surface area contributed by atoms with Gasteiger partial charge in [-0.25, -0.2) is 4.98 Å². The number of nitrogens with one attached hydrogen (secondary N) is 1. The maximum atomic E-state index is 5.10. The second-order valence-corrected chi connectivity index (χ2v) is 4.92. The summed E-state index contributed by atoms with van der Waals surface area (Å²) in [6.07, 6.45) is 1.73. The first-order chi connectivity index (χ1) is 8.69. The van der Waals surface area contributed by atoms with Gasteiger partial charge in [0.05, 0.1) is 7.11 Å². The van der Waals surface area contributed by atoms with Crippen molar-refractivity contribution in [3.05, 3.63) is 52.6 Å². The zero-order valence-corrected chi connectivity index (χ0v) is 11.9. The number of pyridine rings is 1. The van der Waals surface area contributed by atoms with Crippen molar-refractivity contribution in [3.8, 4) is 5.88 Å². The van der Waals surface area contributed by atoms with Crippen LogP contribution in [0.15, 0.2) is 47.1 Å². The van der Waals surface area contributed by atoms with E-state index in [-0.39, 0.29) is 6.04 Å². The number of anilines is 1. The molecule has 0 aliphatic rings. The van der Waals surface area contributed by atoms with Gasteiger partial charge in [0.2, 0.25) is 5.88 Å². The molecule has 1 unspecified atom stereocenters. The molecule has 2 aromatic rings. The Bertz CT molecular complexity index is 513. The number of hydrogen-bond acceptors (Lipinski definition) is 3.